The highest BCUT2D eigenvalue weighted by Crippen LogP contribution is 2.18. The summed E-state index contributed by atoms with van der Waals surface area (Å²) in [5.41, 5.74) is 0.586. The van der Waals surface area contributed by atoms with Crippen molar-refractivity contribution in [3.63, 3.8) is 0 Å². The van der Waals surface area contributed by atoms with E-state index in [4.69, 9.17) is 5.11 Å². The van der Waals surface area contributed by atoms with Crippen LogP contribution in [-0.2, 0) is 0 Å². The first-order valence-corrected chi connectivity index (χ1v) is 6.00. The lowest BCUT2D eigenvalue weighted by Crippen LogP contribution is -2.33. The molecule has 0 aliphatic heterocycles. The number of likely N-dealkylation sites (N-methyl/N-ethyl adjacent to an activating group) is 1. The fourth-order valence-electron chi connectivity index (χ4n) is 1.98. The Bertz CT molecular complexity index is 549. The second kappa shape index (κ2) is 5.60. The van der Waals surface area contributed by atoms with E-state index in [2.05, 4.69) is 4.98 Å². The number of benzene rings is 1. The molecular formula is C14H16N2O2. The van der Waals surface area contributed by atoms with E-state index in [9.17, 15) is 4.79 Å². The van der Waals surface area contributed by atoms with E-state index in [1.54, 1.807) is 17.3 Å². The molecule has 0 radical (unpaired) electrons. The molecule has 1 N–H and O–H groups in total. The largest absolute Gasteiger partial charge is 0.395 e. The van der Waals surface area contributed by atoms with E-state index in [0.29, 0.717) is 18.7 Å². The van der Waals surface area contributed by atoms with Gasteiger partial charge in [-0.25, -0.2) is 0 Å². The zero-order chi connectivity index (χ0) is 13.0. The number of rotatable bonds is 4. The van der Waals surface area contributed by atoms with Crippen LogP contribution in [-0.4, -0.2) is 40.6 Å². The van der Waals surface area contributed by atoms with Gasteiger partial charge in [-0.3, -0.25) is 9.78 Å². The van der Waals surface area contributed by atoms with E-state index in [-0.39, 0.29) is 12.5 Å². The van der Waals surface area contributed by atoms with Gasteiger partial charge in [-0.2, -0.15) is 0 Å². The molecule has 2 rings (SSSR count). The number of aromatic nitrogens is 1. The van der Waals surface area contributed by atoms with Gasteiger partial charge < -0.3 is 10.0 Å². The lowest BCUT2D eigenvalue weighted by atomic mass is 10.1. The van der Waals surface area contributed by atoms with Crippen LogP contribution < -0.4 is 0 Å². The maximum Gasteiger partial charge on any atom is 0.256 e. The summed E-state index contributed by atoms with van der Waals surface area (Å²) in [7, 11) is 0. The van der Waals surface area contributed by atoms with E-state index in [1.807, 2.05) is 31.2 Å². The molecule has 0 atom stereocenters. The van der Waals surface area contributed by atoms with Gasteiger partial charge in [0.25, 0.3) is 5.91 Å². The van der Waals surface area contributed by atoms with Crippen LogP contribution >= 0.6 is 0 Å². The number of nitrogens with zero attached hydrogens (tertiary/aromatic N) is 2. The minimum absolute atomic E-state index is 0.0300. The number of carbonyl (C=O) groups is 1. The lowest BCUT2D eigenvalue weighted by Gasteiger charge is -2.20. The predicted molar refractivity (Wildman–Crippen MR) is 70.4 cm³/mol. The van der Waals surface area contributed by atoms with Crippen molar-refractivity contribution in [1.29, 1.82) is 0 Å². The van der Waals surface area contributed by atoms with Crippen LogP contribution in [0.5, 0.6) is 0 Å². The third-order valence-electron chi connectivity index (χ3n) is 2.94. The molecule has 0 fully saturated rings. The van der Waals surface area contributed by atoms with Crippen LogP contribution in [0.1, 0.15) is 17.3 Å². The van der Waals surface area contributed by atoms with Crippen LogP contribution in [0.15, 0.2) is 36.7 Å². The molecule has 0 unspecified atom stereocenters. The molecule has 94 valence electrons. The summed E-state index contributed by atoms with van der Waals surface area (Å²) >= 11 is 0. The van der Waals surface area contributed by atoms with Crippen molar-refractivity contribution in [2.24, 2.45) is 0 Å². The minimum Gasteiger partial charge on any atom is -0.395 e. The second-order valence-corrected chi connectivity index (χ2v) is 4.02. The van der Waals surface area contributed by atoms with Gasteiger partial charge in [0.2, 0.25) is 0 Å². The first kappa shape index (κ1) is 12.5. The van der Waals surface area contributed by atoms with Crippen molar-refractivity contribution in [3.05, 3.63) is 42.2 Å². The lowest BCUT2D eigenvalue weighted by molar-refractivity contribution is 0.0733. The van der Waals surface area contributed by atoms with Crippen LogP contribution in [0, 0.1) is 0 Å². The van der Waals surface area contributed by atoms with Crippen molar-refractivity contribution in [2.75, 3.05) is 19.7 Å². The SMILES string of the molecule is CCN(CCO)C(=O)c1cncc2ccccc12. The van der Waals surface area contributed by atoms with Gasteiger partial charge in [0.05, 0.1) is 12.2 Å². The molecule has 1 heterocycles. The maximum atomic E-state index is 12.4. The monoisotopic (exact) mass is 244 g/mol. The third-order valence-corrected chi connectivity index (χ3v) is 2.94. The Labute approximate surface area is 106 Å². The number of hydrogen-bond donors (Lipinski definition) is 1. The topological polar surface area (TPSA) is 53.4 Å². The number of aliphatic hydroxyl groups excluding tert-OH is 1. The molecule has 18 heavy (non-hydrogen) atoms. The number of aliphatic hydroxyl groups is 1. The van der Waals surface area contributed by atoms with Crippen molar-refractivity contribution in [3.8, 4) is 0 Å². The van der Waals surface area contributed by atoms with Crippen molar-refractivity contribution in [1.82, 2.24) is 9.88 Å². The Kier molecular flexibility index (Phi) is 3.89. The van der Waals surface area contributed by atoms with Gasteiger partial charge in [0, 0.05) is 30.9 Å². The molecule has 0 spiro atoms. The molecule has 1 amide bonds. The number of amides is 1. The van der Waals surface area contributed by atoms with Gasteiger partial charge in [-0.05, 0) is 12.3 Å². The first-order valence-electron chi connectivity index (χ1n) is 6.00. The molecule has 0 saturated carbocycles. The highest BCUT2D eigenvalue weighted by Gasteiger charge is 2.16. The number of pyridine rings is 1. The molecule has 4 nitrogen and oxygen atoms in total. The average molecular weight is 244 g/mol. The van der Waals surface area contributed by atoms with Gasteiger partial charge in [-0.1, -0.05) is 24.3 Å². The highest BCUT2D eigenvalue weighted by molar-refractivity contribution is 6.06. The van der Waals surface area contributed by atoms with E-state index in [1.165, 1.54) is 0 Å². The van der Waals surface area contributed by atoms with Crippen LogP contribution in [0.2, 0.25) is 0 Å². The fourth-order valence-corrected chi connectivity index (χ4v) is 1.98. The van der Waals surface area contributed by atoms with E-state index in [0.717, 1.165) is 10.8 Å². The van der Waals surface area contributed by atoms with Crippen LogP contribution in [0.4, 0.5) is 0 Å². The zero-order valence-corrected chi connectivity index (χ0v) is 10.3. The van der Waals surface area contributed by atoms with Gasteiger partial charge in [-0.15, -0.1) is 0 Å². The predicted octanol–water partition coefficient (Wildman–Crippen LogP) is 1.69. The summed E-state index contributed by atoms with van der Waals surface area (Å²) in [6.45, 7) is 2.78. The fraction of sp³-hybridized carbons (Fsp3) is 0.286. The highest BCUT2D eigenvalue weighted by atomic mass is 16.3. The van der Waals surface area contributed by atoms with Crippen LogP contribution in [0.25, 0.3) is 10.8 Å². The summed E-state index contributed by atoms with van der Waals surface area (Å²) in [6.07, 6.45) is 3.33. The Morgan fingerprint density at radius 2 is 2.11 bits per heavy atom. The first-order chi connectivity index (χ1) is 8.77. The van der Waals surface area contributed by atoms with Crippen molar-refractivity contribution >= 4 is 16.7 Å². The summed E-state index contributed by atoms with van der Waals surface area (Å²) in [4.78, 5) is 18.1. The molecule has 2 aromatic rings. The zero-order valence-electron chi connectivity index (χ0n) is 10.3. The molecule has 1 aromatic heterocycles. The minimum atomic E-state index is -0.0872. The smallest absolute Gasteiger partial charge is 0.256 e. The molecule has 1 aromatic carbocycles. The molecule has 0 saturated heterocycles. The summed E-state index contributed by atoms with van der Waals surface area (Å²) in [5.74, 6) is -0.0872. The molecule has 4 heteroatoms. The summed E-state index contributed by atoms with van der Waals surface area (Å²) in [6, 6.07) is 7.67. The normalized spacial score (nSPS) is 10.6. The van der Waals surface area contributed by atoms with Gasteiger partial charge in [0.1, 0.15) is 0 Å². The third kappa shape index (κ3) is 2.33. The second-order valence-electron chi connectivity index (χ2n) is 4.02. The maximum absolute atomic E-state index is 12.4. The van der Waals surface area contributed by atoms with Gasteiger partial charge >= 0.3 is 0 Å². The molecule has 0 aliphatic carbocycles. The van der Waals surface area contributed by atoms with E-state index >= 15 is 0 Å². The van der Waals surface area contributed by atoms with Crippen LogP contribution in [0.3, 0.4) is 0 Å². The Balaban J connectivity index is 2.44. The summed E-state index contributed by atoms with van der Waals surface area (Å²) in [5, 5.41) is 10.8. The quantitative estimate of drug-likeness (QED) is 0.890. The van der Waals surface area contributed by atoms with Crippen molar-refractivity contribution < 1.29 is 9.90 Å². The van der Waals surface area contributed by atoms with Crippen molar-refractivity contribution in [2.45, 2.75) is 6.92 Å². The van der Waals surface area contributed by atoms with Gasteiger partial charge in [0.15, 0.2) is 0 Å². The molecular weight excluding hydrogens is 228 g/mol. The average Bonchev–Trinajstić information content (AvgIpc) is 2.43. The Hall–Kier alpha value is -1.94. The Morgan fingerprint density at radius 1 is 1.33 bits per heavy atom. The Morgan fingerprint density at radius 3 is 2.83 bits per heavy atom. The van der Waals surface area contributed by atoms with E-state index < -0.39 is 0 Å². The summed E-state index contributed by atoms with van der Waals surface area (Å²) < 4.78 is 0. The molecule has 0 bridgehead atoms. The standard InChI is InChI=1S/C14H16N2O2/c1-2-16(7-8-17)14(18)13-10-15-9-11-5-3-4-6-12(11)13/h3-6,9-10,17H,2,7-8H2,1H3. The molecule has 0 aliphatic rings. The number of hydrogen-bond acceptors (Lipinski definition) is 3. The number of carbonyl (C=O) groups excluding carboxylic acids is 1. The number of fused-ring (bicyclic) bond motifs is 1.